The molecule has 32 heavy (non-hydrogen) atoms. The zero-order chi connectivity index (χ0) is 23.1. The Hall–Kier alpha value is -2.44. The molecule has 1 aromatic carbocycles. The van der Waals surface area contributed by atoms with Crippen molar-refractivity contribution in [3.63, 3.8) is 0 Å². The minimum atomic E-state index is -3.32. The molecule has 0 spiro atoms. The van der Waals surface area contributed by atoms with Gasteiger partial charge in [-0.1, -0.05) is 0 Å². The summed E-state index contributed by atoms with van der Waals surface area (Å²) >= 11 is 1.07. The summed E-state index contributed by atoms with van der Waals surface area (Å²) in [5, 5.41) is 2.96. The maximum Gasteiger partial charge on any atom is 0.341 e. The van der Waals surface area contributed by atoms with Crippen LogP contribution in [0.4, 0.5) is 10.7 Å². The number of carbonyl (C=O) groups excluding carboxylic acids is 2. The van der Waals surface area contributed by atoms with Gasteiger partial charge in [-0.25, -0.2) is 21.6 Å². The van der Waals surface area contributed by atoms with Crippen LogP contribution in [0.25, 0.3) is 0 Å². The highest BCUT2D eigenvalue weighted by molar-refractivity contribution is 7.93. The quantitative estimate of drug-likeness (QED) is 0.626. The number of rotatable bonds is 5. The third-order valence-corrected chi connectivity index (χ3v) is 10.1. The van der Waals surface area contributed by atoms with Gasteiger partial charge in [0.05, 0.1) is 35.1 Å². The van der Waals surface area contributed by atoms with Crippen molar-refractivity contribution in [1.82, 2.24) is 0 Å². The molecule has 12 heteroatoms. The number of fused-ring (bicyclic) bond motifs is 1. The van der Waals surface area contributed by atoms with E-state index in [2.05, 4.69) is 5.32 Å². The normalized spacial score (nSPS) is 18.7. The van der Waals surface area contributed by atoms with Gasteiger partial charge in [0.1, 0.15) is 5.00 Å². The summed E-state index contributed by atoms with van der Waals surface area (Å²) in [7, 11) is -6.57. The van der Waals surface area contributed by atoms with Crippen LogP contribution in [0.3, 0.4) is 0 Å². The van der Waals surface area contributed by atoms with Gasteiger partial charge >= 0.3 is 5.97 Å². The van der Waals surface area contributed by atoms with Crippen molar-refractivity contribution in [2.24, 2.45) is 0 Å². The summed E-state index contributed by atoms with van der Waals surface area (Å²) in [4.78, 5) is 25.9. The number of anilines is 2. The molecule has 1 amide bonds. The Bertz CT molecular complexity index is 1280. The molecule has 0 radical (unpaired) electrons. The third-order valence-electron chi connectivity index (χ3n) is 5.33. The number of nitrogens with one attached hydrogen (secondary N) is 1. The van der Waals surface area contributed by atoms with Gasteiger partial charge in [-0.15, -0.1) is 11.3 Å². The lowest BCUT2D eigenvalue weighted by Gasteiger charge is -2.17. The Labute approximate surface area is 190 Å². The zero-order valence-electron chi connectivity index (χ0n) is 17.3. The van der Waals surface area contributed by atoms with Gasteiger partial charge in [-0.3, -0.25) is 9.10 Å². The monoisotopic (exact) mass is 498 g/mol. The number of hydrogen-bond donors (Lipinski definition) is 1. The molecule has 0 aliphatic carbocycles. The molecule has 2 aliphatic heterocycles. The zero-order valence-corrected chi connectivity index (χ0v) is 19.7. The average molecular weight is 499 g/mol. The standard InChI is InChI=1S/C20H22N2O7S3/c1-2-29-20(24)17-15-8-11-31(25,26)12-16(15)30-19(17)21-18(23)13-4-6-14(7-5-13)22-9-3-10-32(22,27)28/h4-7H,2-3,8-12H2,1H3,(H,21,23). The molecule has 1 aromatic heterocycles. The minimum Gasteiger partial charge on any atom is -0.462 e. The molecule has 0 atom stereocenters. The molecule has 2 aliphatic rings. The van der Waals surface area contributed by atoms with Crippen LogP contribution in [0.5, 0.6) is 0 Å². The first-order valence-corrected chi connectivity index (χ1v) is 14.3. The van der Waals surface area contributed by atoms with Crippen LogP contribution >= 0.6 is 11.3 Å². The summed E-state index contributed by atoms with van der Waals surface area (Å²) in [5.41, 5.74) is 1.57. The average Bonchev–Trinajstić information content (AvgIpc) is 3.25. The summed E-state index contributed by atoms with van der Waals surface area (Å²) < 4.78 is 54.6. The summed E-state index contributed by atoms with van der Waals surface area (Å²) in [6, 6.07) is 6.16. The van der Waals surface area contributed by atoms with Gasteiger partial charge in [0.25, 0.3) is 5.91 Å². The minimum absolute atomic E-state index is 0.0581. The summed E-state index contributed by atoms with van der Waals surface area (Å²) in [5.74, 6) is -1.22. The van der Waals surface area contributed by atoms with E-state index in [4.69, 9.17) is 4.74 Å². The number of carbonyl (C=O) groups is 2. The lowest BCUT2D eigenvalue weighted by molar-refractivity contribution is 0.0526. The van der Waals surface area contributed by atoms with Crippen molar-refractivity contribution in [1.29, 1.82) is 0 Å². The molecule has 0 saturated carbocycles. The molecule has 1 N–H and O–H groups in total. The maximum absolute atomic E-state index is 12.8. The Kier molecular flexibility index (Phi) is 6.03. The van der Waals surface area contributed by atoms with E-state index in [1.807, 2.05) is 0 Å². The van der Waals surface area contributed by atoms with E-state index in [0.29, 0.717) is 29.1 Å². The van der Waals surface area contributed by atoms with Crippen molar-refractivity contribution in [3.8, 4) is 0 Å². The lowest BCUT2D eigenvalue weighted by Crippen LogP contribution is -2.25. The van der Waals surface area contributed by atoms with E-state index in [9.17, 15) is 26.4 Å². The predicted octanol–water partition coefficient (Wildman–Crippen LogP) is 2.19. The number of esters is 1. The van der Waals surface area contributed by atoms with Crippen LogP contribution in [-0.2, 0) is 36.8 Å². The third kappa shape index (κ3) is 4.39. The first kappa shape index (κ1) is 22.7. The van der Waals surface area contributed by atoms with Crippen molar-refractivity contribution >= 4 is 53.8 Å². The molecular weight excluding hydrogens is 476 g/mol. The van der Waals surface area contributed by atoms with E-state index in [1.54, 1.807) is 19.1 Å². The molecule has 2 aromatic rings. The molecule has 0 unspecified atom stereocenters. The first-order chi connectivity index (χ1) is 15.1. The molecular formula is C20H22N2O7S3. The fraction of sp³-hybridized carbons (Fsp3) is 0.400. The molecule has 3 heterocycles. The largest absolute Gasteiger partial charge is 0.462 e. The Morgan fingerprint density at radius 3 is 2.47 bits per heavy atom. The second-order valence-electron chi connectivity index (χ2n) is 7.51. The molecule has 1 fully saturated rings. The molecule has 0 bridgehead atoms. The fourth-order valence-corrected chi connectivity index (χ4v) is 8.41. The summed E-state index contributed by atoms with van der Waals surface area (Å²) in [6.07, 6.45) is 0.747. The van der Waals surface area contributed by atoms with E-state index >= 15 is 0 Å². The number of ether oxygens (including phenoxy) is 1. The van der Waals surface area contributed by atoms with Crippen molar-refractivity contribution in [2.45, 2.75) is 25.5 Å². The van der Waals surface area contributed by atoms with Gasteiger partial charge in [0.15, 0.2) is 9.84 Å². The number of sulfone groups is 1. The smallest absolute Gasteiger partial charge is 0.341 e. The molecule has 1 saturated heterocycles. The van der Waals surface area contributed by atoms with Gasteiger partial charge in [-0.05, 0) is 49.6 Å². The number of hydrogen-bond acceptors (Lipinski definition) is 8. The number of nitrogens with zero attached hydrogens (tertiary/aromatic N) is 1. The van der Waals surface area contributed by atoms with Gasteiger partial charge in [0, 0.05) is 17.0 Å². The van der Waals surface area contributed by atoms with Crippen LogP contribution in [0.1, 0.15) is 44.5 Å². The highest BCUT2D eigenvalue weighted by atomic mass is 32.2. The van der Waals surface area contributed by atoms with Crippen LogP contribution in [0, 0.1) is 0 Å². The van der Waals surface area contributed by atoms with Gasteiger partial charge in [0.2, 0.25) is 10.0 Å². The lowest BCUT2D eigenvalue weighted by atomic mass is 10.1. The number of amides is 1. The van der Waals surface area contributed by atoms with E-state index in [1.165, 1.54) is 16.4 Å². The Morgan fingerprint density at radius 1 is 1.12 bits per heavy atom. The van der Waals surface area contributed by atoms with Gasteiger partial charge in [-0.2, -0.15) is 0 Å². The second kappa shape index (κ2) is 8.49. The van der Waals surface area contributed by atoms with E-state index in [0.717, 1.165) is 11.3 Å². The fourth-order valence-electron chi connectivity index (χ4n) is 3.81. The van der Waals surface area contributed by atoms with Crippen LogP contribution in [0.15, 0.2) is 24.3 Å². The van der Waals surface area contributed by atoms with E-state index < -0.39 is 31.7 Å². The van der Waals surface area contributed by atoms with Crippen LogP contribution in [0.2, 0.25) is 0 Å². The number of benzene rings is 1. The van der Waals surface area contributed by atoms with Crippen LogP contribution < -0.4 is 9.62 Å². The maximum atomic E-state index is 12.8. The molecule has 172 valence electrons. The molecule has 9 nitrogen and oxygen atoms in total. The number of thiophene rings is 1. The van der Waals surface area contributed by atoms with Crippen molar-refractivity contribution < 1.29 is 31.2 Å². The van der Waals surface area contributed by atoms with Crippen LogP contribution in [-0.4, -0.2) is 53.4 Å². The van der Waals surface area contributed by atoms with Gasteiger partial charge < -0.3 is 10.1 Å². The second-order valence-corrected chi connectivity index (χ2v) is 12.8. The predicted molar refractivity (Wildman–Crippen MR) is 122 cm³/mol. The SMILES string of the molecule is CCOC(=O)c1c(NC(=O)c2ccc(N3CCCS3(=O)=O)cc2)sc2c1CCS(=O)(=O)C2. The van der Waals surface area contributed by atoms with Crippen molar-refractivity contribution in [3.05, 3.63) is 45.8 Å². The first-order valence-electron chi connectivity index (χ1n) is 10.0. The topological polar surface area (TPSA) is 127 Å². The Morgan fingerprint density at radius 2 is 1.84 bits per heavy atom. The van der Waals surface area contributed by atoms with Crippen molar-refractivity contribution in [2.75, 3.05) is 34.3 Å². The number of sulfonamides is 1. The molecule has 4 rings (SSSR count). The van der Waals surface area contributed by atoms with E-state index in [-0.39, 0.29) is 46.4 Å². The highest BCUT2D eigenvalue weighted by Gasteiger charge is 2.32. The summed E-state index contributed by atoms with van der Waals surface area (Å²) in [6.45, 7) is 2.22. The highest BCUT2D eigenvalue weighted by Crippen LogP contribution is 2.38. The Balaban J connectivity index is 1.60.